The lowest BCUT2D eigenvalue weighted by atomic mass is 9.80. The second-order valence-electron chi connectivity index (χ2n) is 6.53. The number of benzene rings is 1. The van der Waals surface area contributed by atoms with Crippen molar-refractivity contribution in [3.63, 3.8) is 0 Å². The van der Waals surface area contributed by atoms with Crippen molar-refractivity contribution in [2.75, 3.05) is 26.9 Å². The van der Waals surface area contributed by atoms with Crippen LogP contribution < -0.4 is 5.32 Å². The molecule has 1 aromatic carbocycles. The second-order valence-corrected chi connectivity index (χ2v) is 6.53. The van der Waals surface area contributed by atoms with Gasteiger partial charge < -0.3 is 24.6 Å². The topological polar surface area (TPSA) is 94.1 Å². The molecule has 0 aliphatic carbocycles. The van der Waals surface area contributed by atoms with Crippen molar-refractivity contribution < 1.29 is 28.9 Å². The van der Waals surface area contributed by atoms with E-state index in [2.05, 4.69) is 11.2 Å². The number of carbonyl (C=O) groups excluding carboxylic acids is 2. The first-order valence-corrected chi connectivity index (χ1v) is 9.56. The molecular weight excluding hydrogens is 374 g/mol. The first-order chi connectivity index (χ1) is 14.0. The molecule has 1 amide bonds. The smallest absolute Gasteiger partial charge is 0.337 e. The van der Waals surface area contributed by atoms with Crippen LogP contribution in [-0.4, -0.2) is 50.1 Å². The molecule has 1 aromatic rings. The van der Waals surface area contributed by atoms with Crippen LogP contribution in [0.3, 0.4) is 0 Å². The lowest BCUT2D eigenvalue weighted by Crippen LogP contribution is -2.39. The van der Waals surface area contributed by atoms with E-state index in [1.807, 2.05) is 19.1 Å². The minimum Gasteiger partial charge on any atom is -0.465 e. The van der Waals surface area contributed by atoms with Crippen LogP contribution in [0, 0.1) is 18.3 Å². The fourth-order valence-corrected chi connectivity index (χ4v) is 3.32. The van der Waals surface area contributed by atoms with Crippen LogP contribution in [0.2, 0.25) is 0 Å². The van der Waals surface area contributed by atoms with Gasteiger partial charge in [0.2, 0.25) is 6.29 Å². The van der Waals surface area contributed by atoms with Crippen LogP contribution in [0.1, 0.15) is 41.6 Å². The standard InChI is InChI=1S/C22H27NO6/c1-4-12-23-20(25)19-14-18(15-8-10-16(11-9-15)21(26)27-3)17(7-6-13-24)22(29-19)28-5-2/h1,8-11,14,17-18,22,24H,5-7,12-13H2,2-3H3,(H,23,25)/t17-,18-,22-/m1/s1. The third-order valence-corrected chi connectivity index (χ3v) is 4.70. The molecule has 7 heteroatoms. The predicted octanol–water partition coefficient (Wildman–Crippen LogP) is 1.97. The zero-order valence-corrected chi connectivity index (χ0v) is 16.7. The molecule has 7 nitrogen and oxygen atoms in total. The highest BCUT2D eigenvalue weighted by atomic mass is 16.7. The third-order valence-electron chi connectivity index (χ3n) is 4.70. The normalized spacial score (nSPS) is 20.8. The Labute approximate surface area is 171 Å². The van der Waals surface area contributed by atoms with Gasteiger partial charge in [-0.25, -0.2) is 4.79 Å². The summed E-state index contributed by atoms with van der Waals surface area (Å²) in [5, 5.41) is 11.9. The summed E-state index contributed by atoms with van der Waals surface area (Å²) in [6, 6.07) is 7.01. The van der Waals surface area contributed by atoms with Crippen molar-refractivity contribution in [2.45, 2.75) is 32.0 Å². The van der Waals surface area contributed by atoms with E-state index in [0.717, 1.165) is 5.56 Å². The first-order valence-electron chi connectivity index (χ1n) is 9.56. The number of aliphatic hydroxyl groups is 1. The summed E-state index contributed by atoms with van der Waals surface area (Å²) in [4.78, 5) is 24.1. The van der Waals surface area contributed by atoms with Crippen molar-refractivity contribution >= 4 is 11.9 Å². The molecule has 156 valence electrons. The molecule has 3 atom stereocenters. The number of ether oxygens (including phenoxy) is 3. The van der Waals surface area contributed by atoms with Crippen molar-refractivity contribution in [3.05, 3.63) is 47.2 Å². The number of hydrogen-bond donors (Lipinski definition) is 2. The van der Waals surface area contributed by atoms with Crippen molar-refractivity contribution in [3.8, 4) is 12.3 Å². The fourth-order valence-electron chi connectivity index (χ4n) is 3.32. The summed E-state index contributed by atoms with van der Waals surface area (Å²) in [5.74, 6) is 1.35. The number of terminal acetylenes is 1. The van der Waals surface area contributed by atoms with Gasteiger partial charge in [0.25, 0.3) is 5.91 Å². The number of carbonyl (C=O) groups is 2. The SMILES string of the molecule is C#CCNC(=O)C1=C[C@H](c2ccc(C(=O)OC)cc2)[C@@H](CCCO)[C@H](OCC)O1. The molecule has 0 bridgehead atoms. The maximum atomic E-state index is 12.4. The monoisotopic (exact) mass is 401 g/mol. The molecule has 2 rings (SSSR count). The average Bonchev–Trinajstić information content (AvgIpc) is 2.75. The number of methoxy groups -OCH3 is 1. The molecule has 0 fully saturated rings. The van der Waals surface area contributed by atoms with E-state index < -0.39 is 18.2 Å². The van der Waals surface area contributed by atoms with Gasteiger partial charge in [-0.05, 0) is 43.5 Å². The molecule has 0 unspecified atom stereocenters. The first kappa shape index (κ1) is 22.5. The lowest BCUT2D eigenvalue weighted by Gasteiger charge is -2.37. The minimum atomic E-state index is -0.645. The van der Waals surface area contributed by atoms with E-state index >= 15 is 0 Å². The van der Waals surface area contributed by atoms with Gasteiger partial charge in [0, 0.05) is 25.0 Å². The van der Waals surface area contributed by atoms with E-state index in [1.165, 1.54) is 7.11 Å². The molecule has 0 aromatic heterocycles. The summed E-state index contributed by atoms with van der Waals surface area (Å²) in [7, 11) is 1.33. The van der Waals surface area contributed by atoms with Gasteiger partial charge >= 0.3 is 5.97 Å². The largest absolute Gasteiger partial charge is 0.465 e. The Morgan fingerprint density at radius 3 is 2.62 bits per heavy atom. The van der Waals surface area contributed by atoms with E-state index in [4.69, 9.17) is 20.6 Å². The maximum absolute atomic E-state index is 12.4. The van der Waals surface area contributed by atoms with Gasteiger partial charge in [0.1, 0.15) is 0 Å². The molecule has 1 aliphatic rings. The number of aliphatic hydroxyl groups excluding tert-OH is 1. The van der Waals surface area contributed by atoms with Crippen molar-refractivity contribution in [1.82, 2.24) is 5.32 Å². The maximum Gasteiger partial charge on any atom is 0.337 e. The van der Waals surface area contributed by atoms with Gasteiger partial charge in [-0.2, -0.15) is 0 Å². The summed E-state index contributed by atoms with van der Waals surface area (Å²) in [6.07, 6.45) is 7.53. The Bertz CT molecular complexity index is 765. The molecule has 0 saturated heterocycles. The third kappa shape index (κ3) is 5.83. The van der Waals surface area contributed by atoms with Gasteiger partial charge in [-0.1, -0.05) is 18.1 Å². The fraction of sp³-hybridized carbons (Fsp3) is 0.455. The van der Waals surface area contributed by atoms with Crippen LogP contribution in [0.4, 0.5) is 0 Å². The highest BCUT2D eigenvalue weighted by Crippen LogP contribution is 2.39. The Hall–Kier alpha value is -2.82. The van der Waals surface area contributed by atoms with Crippen molar-refractivity contribution in [1.29, 1.82) is 0 Å². The van der Waals surface area contributed by atoms with Crippen LogP contribution in [0.15, 0.2) is 36.1 Å². The minimum absolute atomic E-state index is 0.0442. The van der Waals surface area contributed by atoms with Crippen molar-refractivity contribution in [2.24, 2.45) is 5.92 Å². The molecule has 2 N–H and O–H groups in total. The summed E-state index contributed by atoms with van der Waals surface area (Å²) in [6.45, 7) is 2.39. The number of nitrogens with one attached hydrogen (secondary N) is 1. The van der Waals surface area contributed by atoms with Gasteiger partial charge in [-0.3, -0.25) is 4.79 Å². The zero-order valence-electron chi connectivity index (χ0n) is 16.7. The van der Waals surface area contributed by atoms with E-state index in [-0.39, 0.29) is 30.7 Å². The Morgan fingerprint density at radius 2 is 2.03 bits per heavy atom. The summed E-state index contributed by atoms with van der Waals surface area (Å²) >= 11 is 0. The van der Waals surface area contributed by atoms with Crippen LogP contribution in [0.25, 0.3) is 0 Å². The molecule has 0 saturated carbocycles. The molecular formula is C22H27NO6. The summed E-state index contributed by atoms with van der Waals surface area (Å²) < 4.78 is 16.3. The Kier molecular flexibility index (Phi) is 8.71. The van der Waals surface area contributed by atoms with Crippen LogP contribution in [0.5, 0.6) is 0 Å². The number of esters is 1. The van der Waals surface area contributed by atoms with Crippen LogP contribution in [-0.2, 0) is 19.0 Å². The summed E-state index contributed by atoms with van der Waals surface area (Å²) in [5.41, 5.74) is 1.34. The van der Waals surface area contributed by atoms with Crippen LogP contribution >= 0.6 is 0 Å². The van der Waals surface area contributed by atoms with E-state index in [9.17, 15) is 14.7 Å². The number of amides is 1. The van der Waals surface area contributed by atoms with Gasteiger partial charge in [0.15, 0.2) is 5.76 Å². The highest BCUT2D eigenvalue weighted by Gasteiger charge is 2.37. The number of allylic oxidation sites excluding steroid dienone is 1. The zero-order chi connectivity index (χ0) is 21.2. The highest BCUT2D eigenvalue weighted by molar-refractivity contribution is 5.92. The quantitative estimate of drug-likeness (QED) is 0.485. The van der Waals surface area contributed by atoms with Gasteiger partial charge in [0.05, 0.1) is 19.2 Å². The van der Waals surface area contributed by atoms with Gasteiger partial charge in [-0.15, -0.1) is 6.42 Å². The molecule has 0 spiro atoms. The Morgan fingerprint density at radius 1 is 1.31 bits per heavy atom. The molecule has 29 heavy (non-hydrogen) atoms. The molecule has 1 aliphatic heterocycles. The van der Waals surface area contributed by atoms with E-state index in [0.29, 0.717) is 25.0 Å². The molecule has 1 heterocycles. The molecule has 0 radical (unpaired) electrons. The predicted molar refractivity (Wildman–Crippen MR) is 107 cm³/mol. The lowest BCUT2D eigenvalue weighted by molar-refractivity contribution is -0.166. The Balaban J connectivity index is 2.40. The van der Waals surface area contributed by atoms with E-state index in [1.54, 1.807) is 18.2 Å². The second kappa shape index (κ2) is 11.2. The number of rotatable bonds is 9. The number of hydrogen-bond acceptors (Lipinski definition) is 6. The average molecular weight is 401 g/mol.